The van der Waals surface area contributed by atoms with Gasteiger partial charge in [0.15, 0.2) is 0 Å². The van der Waals surface area contributed by atoms with Crippen LogP contribution >= 0.6 is 11.6 Å². The minimum absolute atomic E-state index is 0.0345. The average Bonchev–Trinajstić information content (AvgIpc) is 2.16. The van der Waals surface area contributed by atoms with Crippen LogP contribution < -0.4 is 0 Å². The standard InChI is InChI=1S/C11H18ClNO/c1-5-7-13(8-6-2)10(14)11(3,4)9-12/h5-6H,1-2,7-9H2,3-4H3. The number of alkyl halides is 1. The van der Waals surface area contributed by atoms with Gasteiger partial charge in [-0.1, -0.05) is 12.2 Å². The van der Waals surface area contributed by atoms with Gasteiger partial charge in [-0.05, 0) is 13.8 Å². The molecule has 0 rings (SSSR count). The van der Waals surface area contributed by atoms with Gasteiger partial charge < -0.3 is 4.90 Å². The minimum atomic E-state index is -0.520. The number of carbonyl (C=O) groups is 1. The fourth-order valence-corrected chi connectivity index (χ4v) is 1.15. The fraction of sp³-hybridized carbons (Fsp3) is 0.545. The number of hydrogen-bond acceptors (Lipinski definition) is 1. The second kappa shape index (κ2) is 5.86. The summed E-state index contributed by atoms with van der Waals surface area (Å²) in [6, 6.07) is 0. The van der Waals surface area contributed by atoms with Crippen molar-refractivity contribution in [1.29, 1.82) is 0 Å². The van der Waals surface area contributed by atoms with Crippen molar-refractivity contribution in [1.82, 2.24) is 4.90 Å². The third kappa shape index (κ3) is 3.54. The van der Waals surface area contributed by atoms with E-state index in [0.717, 1.165) is 0 Å². The van der Waals surface area contributed by atoms with E-state index >= 15 is 0 Å². The number of nitrogens with zero attached hydrogens (tertiary/aromatic N) is 1. The lowest BCUT2D eigenvalue weighted by Crippen LogP contribution is -2.42. The van der Waals surface area contributed by atoms with E-state index in [9.17, 15) is 4.79 Å². The van der Waals surface area contributed by atoms with E-state index in [-0.39, 0.29) is 5.91 Å². The van der Waals surface area contributed by atoms with E-state index in [0.29, 0.717) is 19.0 Å². The molecule has 0 saturated heterocycles. The van der Waals surface area contributed by atoms with Crippen molar-refractivity contribution in [2.24, 2.45) is 5.41 Å². The van der Waals surface area contributed by atoms with Gasteiger partial charge in [-0.15, -0.1) is 24.8 Å². The maximum atomic E-state index is 11.9. The molecule has 0 N–H and O–H groups in total. The summed E-state index contributed by atoms with van der Waals surface area (Å²) in [7, 11) is 0. The van der Waals surface area contributed by atoms with E-state index in [1.807, 2.05) is 13.8 Å². The lowest BCUT2D eigenvalue weighted by atomic mass is 9.94. The van der Waals surface area contributed by atoms with Gasteiger partial charge in [0.1, 0.15) is 0 Å². The molecule has 0 fully saturated rings. The highest BCUT2D eigenvalue weighted by Gasteiger charge is 2.30. The first kappa shape index (κ1) is 13.2. The Bertz CT molecular complexity index is 213. The van der Waals surface area contributed by atoms with Crippen LogP contribution in [0.4, 0.5) is 0 Å². The monoisotopic (exact) mass is 215 g/mol. The van der Waals surface area contributed by atoms with Crippen molar-refractivity contribution in [3.63, 3.8) is 0 Å². The van der Waals surface area contributed by atoms with Crippen LogP contribution in [0.3, 0.4) is 0 Å². The third-order valence-corrected chi connectivity index (χ3v) is 2.57. The normalized spacial score (nSPS) is 10.8. The fourth-order valence-electron chi connectivity index (χ4n) is 1.04. The highest BCUT2D eigenvalue weighted by molar-refractivity contribution is 6.19. The van der Waals surface area contributed by atoms with E-state index in [1.54, 1.807) is 17.1 Å². The molecule has 0 aliphatic rings. The van der Waals surface area contributed by atoms with Crippen LogP contribution in [0, 0.1) is 5.41 Å². The molecule has 1 amide bonds. The molecular weight excluding hydrogens is 198 g/mol. The van der Waals surface area contributed by atoms with Crippen LogP contribution in [0.25, 0.3) is 0 Å². The Labute approximate surface area is 91.2 Å². The maximum absolute atomic E-state index is 11.9. The summed E-state index contributed by atoms with van der Waals surface area (Å²) in [5, 5.41) is 0. The molecule has 0 spiro atoms. The summed E-state index contributed by atoms with van der Waals surface area (Å²) >= 11 is 5.73. The zero-order chi connectivity index (χ0) is 11.2. The minimum Gasteiger partial charge on any atom is -0.335 e. The third-order valence-electron chi connectivity index (χ3n) is 1.90. The van der Waals surface area contributed by atoms with Crippen LogP contribution in [-0.4, -0.2) is 29.8 Å². The first-order chi connectivity index (χ1) is 6.49. The Kier molecular flexibility index (Phi) is 5.55. The number of halogens is 1. The van der Waals surface area contributed by atoms with E-state index in [1.165, 1.54) is 0 Å². The second-order valence-electron chi connectivity index (χ2n) is 3.80. The molecule has 0 heterocycles. The molecule has 14 heavy (non-hydrogen) atoms. The zero-order valence-electron chi connectivity index (χ0n) is 8.92. The van der Waals surface area contributed by atoms with Gasteiger partial charge in [0, 0.05) is 19.0 Å². The molecule has 0 aromatic carbocycles. The molecule has 0 unspecified atom stereocenters. The molecule has 80 valence electrons. The molecule has 0 saturated carbocycles. The summed E-state index contributed by atoms with van der Waals surface area (Å²) in [6.07, 6.45) is 3.40. The van der Waals surface area contributed by atoms with Crippen LogP contribution in [0.5, 0.6) is 0 Å². The van der Waals surface area contributed by atoms with Crippen molar-refractivity contribution in [3.05, 3.63) is 25.3 Å². The van der Waals surface area contributed by atoms with Crippen LogP contribution in [0.15, 0.2) is 25.3 Å². The van der Waals surface area contributed by atoms with Crippen LogP contribution in [-0.2, 0) is 4.79 Å². The molecule has 2 nitrogen and oxygen atoms in total. The summed E-state index contributed by atoms with van der Waals surface area (Å²) in [5.74, 6) is 0.351. The Morgan fingerprint density at radius 1 is 1.36 bits per heavy atom. The van der Waals surface area contributed by atoms with Crippen molar-refractivity contribution in [2.45, 2.75) is 13.8 Å². The van der Waals surface area contributed by atoms with Gasteiger partial charge >= 0.3 is 0 Å². The quantitative estimate of drug-likeness (QED) is 0.493. The molecule has 0 aromatic rings. The van der Waals surface area contributed by atoms with Crippen molar-refractivity contribution in [3.8, 4) is 0 Å². The van der Waals surface area contributed by atoms with E-state index in [2.05, 4.69) is 13.2 Å². The Morgan fingerprint density at radius 3 is 2.07 bits per heavy atom. The highest BCUT2D eigenvalue weighted by Crippen LogP contribution is 2.20. The molecule has 0 aliphatic carbocycles. The Morgan fingerprint density at radius 2 is 1.79 bits per heavy atom. The highest BCUT2D eigenvalue weighted by atomic mass is 35.5. The van der Waals surface area contributed by atoms with E-state index in [4.69, 9.17) is 11.6 Å². The van der Waals surface area contributed by atoms with Crippen molar-refractivity contribution >= 4 is 17.5 Å². The van der Waals surface area contributed by atoms with Crippen molar-refractivity contribution in [2.75, 3.05) is 19.0 Å². The topological polar surface area (TPSA) is 20.3 Å². The summed E-state index contributed by atoms with van der Waals surface area (Å²) in [5.41, 5.74) is -0.520. The molecule has 0 aliphatic heterocycles. The number of amides is 1. The smallest absolute Gasteiger partial charge is 0.229 e. The van der Waals surface area contributed by atoms with Gasteiger partial charge in [-0.25, -0.2) is 0 Å². The number of rotatable bonds is 6. The zero-order valence-corrected chi connectivity index (χ0v) is 9.68. The maximum Gasteiger partial charge on any atom is 0.229 e. The molecule has 3 heteroatoms. The second-order valence-corrected chi connectivity index (χ2v) is 4.07. The van der Waals surface area contributed by atoms with Gasteiger partial charge in [0.05, 0.1) is 5.41 Å². The van der Waals surface area contributed by atoms with E-state index < -0.39 is 5.41 Å². The predicted molar refractivity (Wildman–Crippen MR) is 61.5 cm³/mol. The van der Waals surface area contributed by atoms with Gasteiger partial charge in [0.2, 0.25) is 5.91 Å². The molecule has 0 radical (unpaired) electrons. The number of carbonyl (C=O) groups excluding carboxylic acids is 1. The van der Waals surface area contributed by atoms with Gasteiger partial charge in [0.25, 0.3) is 0 Å². The Hall–Kier alpha value is -0.760. The predicted octanol–water partition coefficient (Wildman–Crippen LogP) is 2.45. The summed E-state index contributed by atoms with van der Waals surface area (Å²) in [6.45, 7) is 12.0. The van der Waals surface area contributed by atoms with Crippen molar-refractivity contribution < 1.29 is 4.79 Å². The molecular formula is C11H18ClNO. The molecule has 0 atom stereocenters. The SMILES string of the molecule is C=CCN(CC=C)C(=O)C(C)(C)CCl. The van der Waals surface area contributed by atoms with Gasteiger partial charge in [-0.3, -0.25) is 4.79 Å². The first-order valence-electron chi connectivity index (χ1n) is 4.56. The molecule has 0 bridgehead atoms. The Balaban J connectivity index is 4.56. The largest absolute Gasteiger partial charge is 0.335 e. The van der Waals surface area contributed by atoms with Gasteiger partial charge in [-0.2, -0.15) is 0 Å². The lowest BCUT2D eigenvalue weighted by molar-refractivity contribution is -0.138. The number of hydrogen-bond donors (Lipinski definition) is 0. The lowest BCUT2D eigenvalue weighted by Gasteiger charge is -2.29. The summed E-state index contributed by atoms with van der Waals surface area (Å²) in [4.78, 5) is 13.6. The first-order valence-corrected chi connectivity index (χ1v) is 5.10. The summed E-state index contributed by atoms with van der Waals surface area (Å²) < 4.78 is 0. The van der Waals surface area contributed by atoms with Crippen LogP contribution in [0.1, 0.15) is 13.8 Å². The molecule has 0 aromatic heterocycles. The van der Waals surface area contributed by atoms with Crippen LogP contribution in [0.2, 0.25) is 0 Å². The average molecular weight is 216 g/mol.